The fourth-order valence-electron chi connectivity index (χ4n) is 4.15. The third kappa shape index (κ3) is 3.75. The maximum Gasteiger partial charge on any atom is 0.199 e. The molecule has 0 fully saturated rings. The van der Waals surface area contributed by atoms with Gasteiger partial charge in [0.2, 0.25) is 0 Å². The molecule has 1 aliphatic rings. The minimum atomic E-state index is 0.0841. The minimum Gasteiger partial charge on any atom is -0.493 e. The Morgan fingerprint density at radius 2 is 1.80 bits per heavy atom. The van der Waals surface area contributed by atoms with E-state index in [0.29, 0.717) is 6.67 Å². The Labute approximate surface area is 182 Å². The summed E-state index contributed by atoms with van der Waals surface area (Å²) in [6.45, 7) is 5.76. The molecule has 0 N–H and O–H groups in total. The zero-order valence-electron chi connectivity index (χ0n) is 17.9. The van der Waals surface area contributed by atoms with Crippen molar-refractivity contribution in [2.75, 3.05) is 20.8 Å². The SMILES string of the molecule is COc1cc2c(cc1OC)C(c1ccccc1)N(Cn1ncn(C(C)C)c1=S)CC2. The first-order valence-corrected chi connectivity index (χ1v) is 10.6. The van der Waals surface area contributed by atoms with Gasteiger partial charge < -0.3 is 14.0 Å². The molecule has 2 heterocycles. The van der Waals surface area contributed by atoms with Crippen molar-refractivity contribution in [3.05, 3.63) is 70.3 Å². The van der Waals surface area contributed by atoms with E-state index in [1.807, 2.05) is 21.6 Å². The number of ether oxygens (including phenoxy) is 2. The smallest absolute Gasteiger partial charge is 0.199 e. The van der Waals surface area contributed by atoms with Gasteiger partial charge in [-0.15, -0.1) is 0 Å². The predicted molar refractivity (Wildman–Crippen MR) is 120 cm³/mol. The third-order valence-electron chi connectivity index (χ3n) is 5.72. The van der Waals surface area contributed by atoms with E-state index in [4.69, 9.17) is 21.7 Å². The van der Waals surface area contributed by atoms with E-state index in [1.54, 1.807) is 14.2 Å². The van der Waals surface area contributed by atoms with E-state index in [-0.39, 0.29) is 12.1 Å². The van der Waals surface area contributed by atoms with Crippen LogP contribution in [0, 0.1) is 4.77 Å². The van der Waals surface area contributed by atoms with Crippen LogP contribution in [0.4, 0.5) is 0 Å². The maximum atomic E-state index is 5.68. The lowest BCUT2D eigenvalue weighted by Crippen LogP contribution is -2.37. The number of benzene rings is 2. The summed E-state index contributed by atoms with van der Waals surface area (Å²) < 4.78 is 15.8. The Morgan fingerprint density at radius 1 is 1.10 bits per heavy atom. The summed E-state index contributed by atoms with van der Waals surface area (Å²) in [6, 6.07) is 15.2. The number of hydrogen-bond donors (Lipinski definition) is 0. The highest BCUT2D eigenvalue weighted by molar-refractivity contribution is 7.71. The summed E-state index contributed by atoms with van der Waals surface area (Å²) in [4.78, 5) is 2.43. The van der Waals surface area contributed by atoms with Crippen molar-refractivity contribution in [2.45, 2.75) is 39.0 Å². The molecule has 1 aliphatic heterocycles. The molecule has 6 nitrogen and oxygen atoms in total. The molecule has 0 aliphatic carbocycles. The standard InChI is InChI=1S/C23H28N4O2S/c1-16(2)26-14-24-27(23(26)30)15-25-11-10-18-12-20(28-3)21(29-4)13-19(18)22(25)17-8-6-5-7-9-17/h5-9,12-14,16,22H,10-11,15H2,1-4H3. The molecule has 7 heteroatoms. The lowest BCUT2D eigenvalue weighted by molar-refractivity contribution is 0.154. The summed E-state index contributed by atoms with van der Waals surface area (Å²) >= 11 is 5.68. The topological polar surface area (TPSA) is 44.5 Å². The van der Waals surface area contributed by atoms with Crippen LogP contribution < -0.4 is 9.47 Å². The van der Waals surface area contributed by atoms with Gasteiger partial charge in [-0.2, -0.15) is 5.10 Å². The van der Waals surface area contributed by atoms with Gasteiger partial charge in [-0.3, -0.25) is 4.90 Å². The number of nitrogens with zero attached hydrogens (tertiary/aromatic N) is 4. The van der Waals surface area contributed by atoms with Gasteiger partial charge in [0.15, 0.2) is 16.3 Å². The molecule has 0 radical (unpaired) electrons. The molecule has 1 atom stereocenters. The quantitative estimate of drug-likeness (QED) is 0.541. The second-order valence-electron chi connectivity index (χ2n) is 7.84. The lowest BCUT2D eigenvalue weighted by atomic mass is 9.88. The van der Waals surface area contributed by atoms with E-state index in [9.17, 15) is 0 Å². The Kier molecular flexibility index (Phi) is 5.92. The number of hydrogen-bond acceptors (Lipinski definition) is 5. The minimum absolute atomic E-state index is 0.0841. The van der Waals surface area contributed by atoms with Crippen molar-refractivity contribution in [1.29, 1.82) is 0 Å². The first-order valence-electron chi connectivity index (χ1n) is 10.2. The van der Waals surface area contributed by atoms with Gasteiger partial charge >= 0.3 is 0 Å². The molecule has 30 heavy (non-hydrogen) atoms. The Morgan fingerprint density at radius 3 is 2.43 bits per heavy atom. The van der Waals surface area contributed by atoms with Gasteiger partial charge in [-0.1, -0.05) is 30.3 Å². The van der Waals surface area contributed by atoms with E-state index in [2.05, 4.69) is 60.2 Å². The van der Waals surface area contributed by atoms with Crippen LogP contribution in [0.25, 0.3) is 0 Å². The summed E-state index contributed by atoms with van der Waals surface area (Å²) in [5.74, 6) is 1.52. The molecule has 1 unspecified atom stereocenters. The van der Waals surface area contributed by atoms with Crippen LogP contribution in [-0.2, 0) is 13.1 Å². The highest BCUT2D eigenvalue weighted by atomic mass is 32.1. The van der Waals surface area contributed by atoms with Gasteiger partial charge in [0.25, 0.3) is 0 Å². The van der Waals surface area contributed by atoms with Gasteiger partial charge in [-0.05, 0) is 61.3 Å². The van der Waals surface area contributed by atoms with Crippen molar-refractivity contribution in [3.63, 3.8) is 0 Å². The molecule has 0 spiro atoms. The van der Waals surface area contributed by atoms with E-state index >= 15 is 0 Å². The Balaban J connectivity index is 1.78. The average Bonchev–Trinajstić information content (AvgIpc) is 3.13. The highest BCUT2D eigenvalue weighted by Crippen LogP contribution is 2.41. The molecule has 3 aromatic rings. The fraction of sp³-hybridized carbons (Fsp3) is 0.391. The summed E-state index contributed by atoms with van der Waals surface area (Å²) in [6.07, 6.45) is 2.76. The third-order valence-corrected chi connectivity index (χ3v) is 6.14. The van der Waals surface area contributed by atoms with Crippen LogP contribution in [-0.4, -0.2) is 40.0 Å². The first-order chi connectivity index (χ1) is 14.5. The molecule has 0 saturated carbocycles. The number of rotatable bonds is 6. The predicted octanol–water partition coefficient (Wildman–Crippen LogP) is 4.62. The van der Waals surface area contributed by atoms with Crippen LogP contribution in [0.3, 0.4) is 0 Å². The summed E-state index contributed by atoms with van der Waals surface area (Å²) in [5.41, 5.74) is 3.76. The average molecular weight is 425 g/mol. The van der Waals surface area contributed by atoms with Crippen molar-refractivity contribution < 1.29 is 9.47 Å². The second-order valence-corrected chi connectivity index (χ2v) is 8.20. The van der Waals surface area contributed by atoms with Crippen molar-refractivity contribution >= 4 is 12.2 Å². The maximum absolute atomic E-state index is 5.68. The molecular weight excluding hydrogens is 396 g/mol. The van der Waals surface area contributed by atoms with E-state index in [1.165, 1.54) is 16.7 Å². The lowest BCUT2D eigenvalue weighted by Gasteiger charge is -2.37. The molecule has 0 saturated heterocycles. The zero-order valence-corrected chi connectivity index (χ0v) is 18.7. The second kappa shape index (κ2) is 8.62. The first kappa shape index (κ1) is 20.6. The molecular formula is C23H28N4O2S. The number of methoxy groups -OCH3 is 2. The van der Waals surface area contributed by atoms with Crippen LogP contribution in [0.1, 0.15) is 42.6 Å². The monoisotopic (exact) mass is 424 g/mol. The zero-order chi connectivity index (χ0) is 21.3. The van der Waals surface area contributed by atoms with E-state index < -0.39 is 0 Å². The molecule has 0 bridgehead atoms. The van der Waals surface area contributed by atoms with Crippen molar-refractivity contribution in [2.24, 2.45) is 0 Å². The number of fused-ring (bicyclic) bond motifs is 1. The molecule has 1 aromatic heterocycles. The Bertz CT molecular complexity index is 1070. The summed E-state index contributed by atoms with van der Waals surface area (Å²) in [5, 5.41) is 4.57. The van der Waals surface area contributed by atoms with Crippen molar-refractivity contribution in [1.82, 2.24) is 19.2 Å². The van der Waals surface area contributed by atoms with Gasteiger partial charge in [0, 0.05) is 12.6 Å². The summed E-state index contributed by atoms with van der Waals surface area (Å²) in [7, 11) is 3.36. The fourth-order valence-corrected chi connectivity index (χ4v) is 4.51. The van der Waals surface area contributed by atoms with Crippen LogP contribution >= 0.6 is 12.2 Å². The largest absolute Gasteiger partial charge is 0.493 e. The molecule has 158 valence electrons. The van der Waals surface area contributed by atoms with E-state index in [0.717, 1.165) is 29.2 Å². The normalized spacial score (nSPS) is 16.5. The van der Waals surface area contributed by atoms with Gasteiger partial charge in [0.05, 0.1) is 26.9 Å². The van der Waals surface area contributed by atoms with Crippen LogP contribution in [0.5, 0.6) is 11.5 Å². The van der Waals surface area contributed by atoms with Gasteiger partial charge in [-0.25, -0.2) is 4.68 Å². The van der Waals surface area contributed by atoms with Crippen molar-refractivity contribution in [3.8, 4) is 11.5 Å². The van der Waals surface area contributed by atoms with Crippen LogP contribution in [0.2, 0.25) is 0 Å². The Hall–Kier alpha value is -2.64. The van der Waals surface area contributed by atoms with Crippen LogP contribution in [0.15, 0.2) is 48.8 Å². The number of aromatic nitrogens is 3. The van der Waals surface area contributed by atoms with Gasteiger partial charge in [0.1, 0.15) is 6.33 Å². The highest BCUT2D eigenvalue weighted by Gasteiger charge is 2.31. The molecule has 2 aromatic carbocycles. The molecule has 4 rings (SSSR count). The molecule has 0 amide bonds.